The van der Waals surface area contributed by atoms with Crippen molar-refractivity contribution in [2.75, 3.05) is 19.6 Å². The molecule has 0 saturated carbocycles. The summed E-state index contributed by atoms with van der Waals surface area (Å²) in [5.41, 5.74) is 3.10. The molecule has 0 atom stereocenters. The van der Waals surface area contributed by atoms with Crippen LogP contribution < -0.4 is 0 Å². The number of amides is 1. The first-order valence-corrected chi connectivity index (χ1v) is 11.0. The molecule has 0 bridgehead atoms. The lowest BCUT2D eigenvalue weighted by molar-refractivity contribution is -0.121. The first-order chi connectivity index (χ1) is 14.8. The number of pyridine rings is 1. The minimum Gasteiger partial charge on any atom is -0.444 e. The molecule has 1 aromatic carbocycles. The highest BCUT2D eigenvalue weighted by atomic mass is 16.6. The molecule has 0 unspecified atom stereocenters. The molecule has 2 aliphatic rings. The molecule has 2 aliphatic heterocycles. The maximum Gasteiger partial charge on any atom is 0.410 e. The average molecular weight is 424 g/mol. The van der Waals surface area contributed by atoms with Gasteiger partial charge in [0, 0.05) is 57.3 Å². The van der Waals surface area contributed by atoms with Crippen LogP contribution in [-0.2, 0) is 29.0 Å². The number of fused-ring (bicyclic) bond motifs is 1. The lowest BCUT2D eigenvalue weighted by Crippen LogP contribution is -2.40. The first kappa shape index (κ1) is 22.9. The van der Waals surface area contributed by atoms with Crippen molar-refractivity contribution in [3.63, 3.8) is 0 Å². The van der Waals surface area contributed by atoms with E-state index in [1.54, 1.807) is 11.1 Å². The maximum atomic E-state index is 11.9. The minimum atomic E-state index is -0.438. The van der Waals surface area contributed by atoms with E-state index in [0.717, 1.165) is 50.2 Å². The van der Waals surface area contributed by atoms with Crippen molar-refractivity contribution in [3.8, 4) is 0 Å². The largest absolute Gasteiger partial charge is 0.444 e. The molecule has 2 aromatic rings. The lowest BCUT2D eigenvalue weighted by Gasteiger charge is -2.30. The monoisotopic (exact) mass is 423 g/mol. The first-order valence-electron chi connectivity index (χ1n) is 11.0. The molecular weight excluding hydrogens is 390 g/mol. The number of ether oxygens (including phenoxy) is 1. The molecule has 0 N–H and O–H groups in total. The smallest absolute Gasteiger partial charge is 0.410 e. The Kier molecular flexibility index (Phi) is 7.80. The number of hydrogen-bond donors (Lipinski definition) is 0. The molecule has 6 nitrogen and oxygen atoms in total. The van der Waals surface area contributed by atoms with Crippen molar-refractivity contribution in [3.05, 3.63) is 65.5 Å². The molecule has 1 aromatic heterocycles. The predicted octanol–water partition coefficient (Wildman–Crippen LogP) is 4.23. The van der Waals surface area contributed by atoms with Crippen LogP contribution in [-0.4, -0.2) is 51.9 Å². The van der Waals surface area contributed by atoms with E-state index in [0.29, 0.717) is 18.9 Å². The van der Waals surface area contributed by atoms with Crippen LogP contribution in [0.5, 0.6) is 0 Å². The SMILES string of the molecule is CC(C)(C)OC(=O)N1CCc2ncccc2C1.O=C1CCN(Cc2ccccc2)CC1. The number of likely N-dealkylation sites (tertiary alicyclic amines) is 1. The zero-order valence-corrected chi connectivity index (χ0v) is 18.8. The summed E-state index contributed by atoms with van der Waals surface area (Å²) in [7, 11) is 0. The summed E-state index contributed by atoms with van der Waals surface area (Å²) in [6, 6.07) is 14.3. The molecule has 6 heteroatoms. The molecule has 0 spiro atoms. The van der Waals surface area contributed by atoms with Crippen molar-refractivity contribution in [2.24, 2.45) is 0 Å². The van der Waals surface area contributed by atoms with Gasteiger partial charge in [0.05, 0.1) is 6.54 Å². The van der Waals surface area contributed by atoms with E-state index in [-0.39, 0.29) is 6.09 Å². The standard InChI is InChI=1S/C13H18N2O2.C12H15NO/c1-13(2,3)17-12(16)15-8-6-11-10(9-15)5-4-7-14-11;14-12-6-8-13(9-7-12)10-11-4-2-1-3-5-11/h4-5,7H,6,8-9H2,1-3H3;1-5H,6-10H2. The van der Waals surface area contributed by atoms with Crippen molar-refractivity contribution < 1.29 is 14.3 Å². The molecule has 4 rings (SSSR count). The number of carbonyl (C=O) groups excluding carboxylic acids is 2. The van der Waals surface area contributed by atoms with Crippen molar-refractivity contribution in [2.45, 2.75) is 58.7 Å². The van der Waals surface area contributed by atoms with E-state index in [4.69, 9.17) is 4.74 Å². The number of aromatic nitrogens is 1. The Morgan fingerprint density at radius 1 is 1.00 bits per heavy atom. The third-order valence-corrected chi connectivity index (χ3v) is 5.28. The van der Waals surface area contributed by atoms with Crippen molar-refractivity contribution >= 4 is 11.9 Å². The summed E-state index contributed by atoms with van der Waals surface area (Å²) in [5, 5.41) is 0. The topological polar surface area (TPSA) is 62.7 Å². The Bertz CT molecular complexity index is 867. The summed E-state index contributed by atoms with van der Waals surface area (Å²) in [6.45, 7) is 9.74. The van der Waals surface area contributed by atoms with Crippen LogP contribution in [0.25, 0.3) is 0 Å². The van der Waals surface area contributed by atoms with Gasteiger partial charge < -0.3 is 9.64 Å². The molecule has 1 amide bonds. The summed E-state index contributed by atoms with van der Waals surface area (Å²) in [6.07, 6.45) is 3.81. The Hall–Kier alpha value is -2.73. The number of Topliss-reactive ketones (excluding diaryl/α,β-unsaturated/α-hetero) is 1. The van der Waals surface area contributed by atoms with Crippen LogP contribution in [0.15, 0.2) is 48.7 Å². The van der Waals surface area contributed by atoms with E-state index < -0.39 is 5.60 Å². The normalized spacial score (nSPS) is 16.7. The fraction of sp³-hybridized carbons (Fsp3) is 0.480. The van der Waals surface area contributed by atoms with Crippen LogP contribution in [0.4, 0.5) is 4.79 Å². The van der Waals surface area contributed by atoms with E-state index in [9.17, 15) is 9.59 Å². The maximum absolute atomic E-state index is 11.9. The van der Waals surface area contributed by atoms with E-state index in [2.05, 4.69) is 34.1 Å². The summed E-state index contributed by atoms with van der Waals surface area (Å²) < 4.78 is 5.36. The highest BCUT2D eigenvalue weighted by molar-refractivity contribution is 5.79. The molecule has 1 fully saturated rings. The third kappa shape index (κ3) is 7.47. The molecule has 1 saturated heterocycles. The number of hydrogen-bond acceptors (Lipinski definition) is 5. The highest BCUT2D eigenvalue weighted by Gasteiger charge is 2.25. The second-order valence-electron chi connectivity index (χ2n) is 9.06. The van der Waals surface area contributed by atoms with Crippen molar-refractivity contribution in [1.29, 1.82) is 0 Å². The average Bonchev–Trinajstić information content (AvgIpc) is 2.75. The highest BCUT2D eigenvalue weighted by Crippen LogP contribution is 2.19. The summed E-state index contributed by atoms with van der Waals surface area (Å²) in [4.78, 5) is 31.3. The summed E-state index contributed by atoms with van der Waals surface area (Å²) >= 11 is 0. The third-order valence-electron chi connectivity index (χ3n) is 5.28. The van der Waals surface area contributed by atoms with Gasteiger partial charge in [0.25, 0.3) is 0 Å². The zero-order valence-electron chi connectivity index (χ0n) is 18.8. The number of carbonyl (C=O) groups is 2. The quantitative estimate of drug-likeness (QED) is 0.723. The van der Waals surface area contributed by atoms with Gasteiger partial charge in [0.15, 0.2) is 0 Å². The molecule has 166 valence electrons. The molecule has 3 heterocycles. The van der Waals surface area contributed by atoms with Gasteiger partial charge in [-0.3, -0.25) is 14.7 Å². The van der Waals surface area contributed by atoms with E-state index >= 15 is 0 Å². The van der Waals surface area contributed by atoms with Gasteiger partial charge in [-0.15, -0.1) is 0 Å². The van der Waals surface area contributed by atoms with Crippen LogP contribution in [0.2, 0.25) is 0 Å². The number of piperidine rings is 1. The Labute approximate surface area is 185 Å². The number of nitrogens with zero attached hydrogens (tertiary/aromatic N) is 3. The molecule has 0 radical (unpaired) electrons. The minimum absolute atomic E-state index is 0.244. The van der Waals surface area contributed by atoms with E-state index in [1.807, 2.05) is 39.0 Å². The second-order valence-corrected chi connectivity index (χ2v) is 9.06. The Balaban J connectivity index is 0.000000179. The van der Waals surface area contributed by atoms with Crippen LogP contribution in [0, 0.1) is 0 Å². The number of benzene rings is 1. The Morgan fingerprint density at radius 3 is 2.39 bits per heavy atom. The van der Waals surface area contributed by atoms with Gasteiger partial charge in [-0.1, -0.05) is 36.4 Å². The summed E-state index contributed by atoms with van der Waals surface area (Å²) in [5.74, 6) is 0.411. The molecular formula is C25H33N3O3. The number of rotatable bonds is 2. The van der Waals surface area contributed by atoms with Gasteiger partial charge >= 0.3 is 6.09 Å². The van der Waals surface area contributed by atoms with Gasteiger partial charge in [-0.2, -0.15) is 0 Å². The number of ketones is 1. The lowest BCUT2D eigenvalue weighted by atomic mass is 10.1. The van der Waals surface area contributed by atoms with Crippen LogP contribution >= 0.6 is 0 Å². The predicted molar refractivity (Wildman–Crippen MR) is 121 cm³/mol. The van der Waals surface area contributed by atoms with Gasteiger partial charge in [-0.05, 0) is 38.0 Å². The zero-order chi connectivity index (χ0) is 22.3. The fourth-order valence-corrected chi connectivity index (χ4v) is 3.65. The van der Waals surface area contributed by atoms with E-state index in [1.165, 1.54) is 5.56 Å². The van der Waals surface area contributed by atoms with Crippen LogP contribution in [0.3, 0.4) is 0 Å². The van der Waals surface area contributed by atoms with Gasteiger partial charge in [0.2, 0.25) is 0 Å². The second kappa shape index (κ2) is 10.5. The Morgan fingerprint density at radius 2 is 1.71 bits per heavy atom. The van der Waals surface area contributed by atoms with Crippen molar-refractivity contribution in [1.82, 2.24) is 14.8 Å². The molecule has 0 aliphatic carbocycles. The molecule has 31 heavy (non-hydrogen) atoms. The fourth-order valence-electron chi connectivity index (χ4n) is 3.65. The van der Waals surface area contributed by atoms with Gasteiger partial charge in [-0.25, -0.2) is 4.79 Å². The van der Waals surface area contributed by atoms with Gasteiger partial charge in [0.1, 0.15) is 11.4 Å². The van der Waals surface area contributed by atoms with Crippen LogP contribution in [0.1, 0.15) is 50.4 Å².